The molecule has 7 nitrogen and oxygen atoms in total. The molecule has 20 heavy (non-hydrogen) atoms. The number of aromatic nitrogens is 5. The molecule has 0 aliphatic carbocycles. The molecule has 0 spiro atoms. The predicted octanol–water partition coefficient (Wildman–Crippen LogP) is 1.67. The molecule has 1 N–H and O–H groups in total. The maximum Gasteiger partial charge on any atom is 0.223 e. The minimum Gasteiger partial charge on any atom is -0.302 e. The van der Waals surface area contributed by atoms with Crippen LogP contribution < -0.4 is 5.32 Å². The first-order chi connectivity index (χ1) is 9.67. The van der Waals surface area contributed by atoms with Crippen molar-refractivity contribution >= 4 is 22.4 Å². The first-order valence-corrected chi connectivity index (χ1v) is 7.48. The van der Waals surface area contributed by atoms with E-state index < -0.39 is 0 Å². The van der Waals surface area contributed by atoms with Crippen LogP contribution in [0.4, 0.5) is 5.13 Å². The average molecular weight is 294 g/mol. The van der Waals surface area contributed by atoms with Crippen molar-refractivity contribution in [1.82, 2.24) is 25.2 Å². The molecule has 1 amide bonds. The fourth-order valence-corrected chi connectivity index (χ4v) is 2.50. The molecule has 0 radical (unpaired) electrons. The molecule has 0 aliphatic rings. The Kier molecular flexibility index (Phi) is 5.16. The summed E-state index contributed by atoms with van der Waals surface area (Å²) in [5.41, 5.74) is 0. The summed E-state index contributed by atoms with van der Waals surface area (Å²) in [6.45, 7) is 4.42. The smallest absolute Gasteiger partial charge is 0.223 e. The number of thiazole rings is 1. The second-order valence-corrected chi connectivity index (χ2v) is 5.58. The molecular weight excluding hydrogens is 276 g/mol. The van der Waals surface area contributed by atoms with Crippen LogP contribution in [0.2, 0.25) is 0 Å². The molecule has 0 saturated heterocycles. The fraction of sp³-hybridized carbons (Fsp3) is 0.583. The maximum atomic E-state index is 10.9. The number of unbranched alkanes of at least 4 members (excludes halogenated alkanes) is 1. The molecule has 108 valence electrons. The lowest BCUT2D eigenvalue weighted by Gasteiger charge is -1.95. The van der Waals surface area contributed by atoms with E-state index in [1.54, 1.807) is 11.0 Å². The number of carbonyl (C=O) groups excluding carboxylic acids is 1. The van der Waals surface area contributed by atoms with Crippen LogP contribution in [0.25, 0.3) is 0 Å². The van der Waals surface area contributed by atoms with Gasteiger partial charge >= 0.3 is 0 Å². The summed E-state index contributed by atoms with van der Waals surface area (Å²) < 4.78 is 0. The van der Waals surface area contributed by atoms with Crippen molar-refractivity contribution < 1.29 is 4.79 Å². The molecule has 2 aromatic rings. The van der Waals surface area contributed by atoms with Gasteiger partial charge in [-0.15, -0.1) is 21.5 Å². The van der Waals surface area contributed by atoms with E-state index in [0.717, 1.165) is 42.9 Å². The van der Waals surface area contributed by atoms with Crippen LogP contribution in [-0.2, 0) is 24.2 Å². The van der Waals surface area contributed by atoms with Gasteiger partial charge in [0.25, 0.3) is 0 Å². The maximum absolute atomic E-state index is 10.9. The van der Waals surface area contributed by atoms with Crippen molar-refractivity contribution in [3.8, 4) is 0 Å². The molecule has 2 aromatic heterocycles. The van der Waals surface area contributed by atoms with Crippen LogP contribution in [0, 0.1) is 0 Å². The van der Waals surface area contributed by atoms with Crippen LogP contribution in [-0.4, -0.2) is 31.1 Å². The number of carbonyl (C=O) groups is 1. The van der Waals surface area contributed by atoms with Gasteiger partial charge in [-0.25, -0.2) is 4.98 Å². The first-order valence-electron chi connectivity index (χ1n) is 6.66. The number of hydrogen-bond donors (Lipinski definition) is 1. The van der Waals surface area contributed by atoms with Gasteiger partial charge in [0.05, 0.1) is 6.54 Å². The second-order valence-electron chi connectivity index (χ2n) is 4.47. The van der Waals surface area contributed by atoms with Gasteiger partial charge in [0, 0.05) is 24.4 Å². The third-order valence-electron chi connectivity index (χ3n) is 2.64. The molecule has 8 heteroatoms. The fourth-order valence-electron chi connectivity index (χ4n) is 1.64. The van der Waals surface area contributed by atoms with Gasteiger partial charge < -0.3 is 5.32 Å². The number of tetrazole rings is 1. The summed E-state index contributed by atoms with van der Waals surface area (Å²) in [5, 5.41) is 15.7. The zero-order valence-electron chi connectivity index (χ0n) is 11.7. The number of nitrogens with one attached hydrogen (secondary N) is 1. The highest BCUT2D eigenvalue weighted by Crippen LogP contribution is 2.19. The molecule has 2 rings (SSSR count). The topological polar surface area (TPSA) is 85.6 Å². The Morgan fingerprint density at radius 3 is 3.05 bits per heavy atom. The van der Waals surface area contributed by atoms with Crippen LogP contribution in [0.5, 0.6) is 0 Å². The average Bonchev–Trinajstić information content (AvgIpc) is 3.02. The Morgan fingerprint density at radius 2 is 2.30 bits per heavy atom. The van der Waals surface area contributed by atoms with E-state index in [9.17, 15) is 4.79 Å². The third-order valence-corrected chi connectivity index (χ3v) is 3.61. The monoisotopic (exact) mass is 294 g/mol. The number of hydrogen-bond acceptors (Lipinski definition) is 6. The van der Waals surface area contributed by atoms with Gasteiger partial charge in [0.15, 0.2) is 11.0 Å². The predicted molar refractivity (Wildman–Crippen MR) is 76.6 cm³/mol. The summed E-state index contributed by atoms with van der Waals surface area (Å²) >= 11 is 1.48. The number of aryl methyl sites for hydroxylation is 3. The summed E-state index contributed by atoms with van der Waals surface area (Å²) in [4.78, 5) is 17.8. The van der Waals surface area contributed by atoms with E-state index in [2.05, 4.69) is 32.6 Å². The van der Waals surface area contributed by atoms with Gasteiger partial charge in [0.1, 0.15) is 0 Å². The van der Waals surface area contributed by atoms with E-state index in [0.29, 0.717) is 5.13 Å². The molecule has 0 saturated carbocycles. The Balaban J connectivity index is 1.83. The van der Waals surface area contributed by atoms with Crippen molar-refractivity contribution in [3.63, 3.8) is 0 Å². The zero-order valence-corrected chi connectivity index (χ0v) is 12.5. The lowest BCUT2D eigenvalue weighted by Crippen LogP contribution is -2.04. The number of amides is 1. The third kappa shape index (κ3) is 4.37. The van der Waals surface area contributed by atoms with Crippen LogP contribution in [0.1, 0.15) is 37.4 Å². The summed E-state index contributed by atoms with van der Waals surface area (Å²) in [6.07, 6.45) is 5.48. The normalized spacial score (nSPS) is 10.7. The quantitative estimate of drug-likeness (QED) is 0.839. The molecule has 2 heterocycles. The van der Waals surface area contributed by atoms with E-state index in [1.165, 1.54) is 18.3 Å². The molecule has 0 aliphatic heterocycles. The lowest BCUT2D eigenvalue weighted by atomic mass is 10.3. The van der Waals surface area contributed by atoms with Crippen LogP contribution >= 0.6 is 11.3 Å². The van der Waals surface area contributed by atoms with Crippen LogP contribution in [0.3, 0.4) is 0 Å². The lowest BCUT2D eigenvalue weighted by molar-refractivity contribution is -0.114. The number of nitrogens with zero attached hydrogens (tertiary/aromatic N) is 5. The van der Waals surface area contributed by atoms with E-state index in [4.69, 9.17) is 0 Å². The van der Waals surface area contributed by atoms with Crippen molar-refractivity contribution in [3.05, 3.63) is 16.9 Å². The van der Waals surface area contributed by atoms with Gasteiger partial charge in [-0.05, 0) is 18.1 Å². The molecular formula is C12H18N6OS. The number of rotatable bonds is 7. The SMILES string of the molecule is CCCCn1nnc(CCc2cnc(NC(C)=O)s2)n1. The highest BCUT2D eigenvalue weighted by atomic mass is 32.1. The summed E-state index contributed by atoms with van der Waals surface area (Å²) in [7, 11) is 0. The van der Waals surface area contributed by atoms with E-state index >= 15 is 0 Å². The molecule has 0 atom stereocenters. The minimum absolute atomic E-state index is 0.105. The van der Waals surface area contributed by atoms with Gasteiger partial charge in [-0.2, -0.15) is 4.80 Å². The number of anilines is 1. The minimum atomic E-state index is -0.105. The molecule has 0 aromatic carbocycles. The van der Waals surface area contributed by atoms with Gasteiger partial charge in [-0.1, -0.05) is 13.3 Å². The van der Waals surface area contributed by atoms with Crippen molar-refractivity contribution in [2.75, 3.05) is 5.32 Å². The second kappa shape index (κ2) is 7.09. The summed E-state index contributed by atoms with van der Waals surface area (Å²) in [6, 6.07) is 0. The van der Waals surface area contributed by atoms with Gasteiger partial charge in [-0.3, -0.25) is 4.79 Å². The highest BCUT2D eigenvalue weighted by molar-refractivity contribution is 7.15. The zero-order chi connectivity index (χ0) is 14.4. The van der Waals surface area contributed by atoms with Gasteiger partial charge in [0.2, 0.25) is 5.91 Å². The molecule has 0 fully saturated rings. The van der Waals surface area contributed by atoms with Crippen molar-refractivity contribution in [1.29, 1.82) is 0 Å². The standard InChI is InChI=1S/C12H18N6OS/c1-3-4-7-18-16-11(15-17-18)6-5-10-8-13-12(20-10)14-9(2)19/h8H,3-7H2,1-2H3,(H,13,14,19). The van der Waals surface area contributed by atoms with E-state index in [-0.39, 0.29) is 5.91 Å². The Labute approximate surface area is 121 Å². The van der Waals surface area contributed by atoms with Crippen LogP contribution in [0.15, 0.2) is 6.20 Å². The largest absolute Gasteiger partial charge is 0.302 e. The Morgan fingerprint density at radius 1 is 1.45 bits per heavy atom. The molecule has 0 unspecified atom stereocenters. The Hall–Kier alpha value is -1.83. The highest BCUT2D eigenvalue weighted by Gasteiger charge is 2.07. The Bertz CT molecular complexity index is 564. The van der Waals surface area contributed by atoms with Crippen molar-refractivity contribution in [2.45, 2.75) is 46.1 Å². The first kappa shape index (κ1) is 14.6. The van der Waals surface area contributed by atoms with E-state index in [1.807, 2.05) is 0 Å². The van der Waals surface area contributed by atoms with Crippen molar-refractivity contribution in [2.24, 2.45) is 0 Å². The summed E-state index contributed by atoms with van der Waals surface area (Å²) in [5.74, 6) is 0.641. The molecule has 0 bridgehead atoms.